The Morgan fingerprint density at radius 3 is 1.89 bits per heavy atom. The molecule has 0 heterocycles. The van der Waals surface area contributed by atoms with Crippen LogP contribution in [0, 0.1) is 6.42 Å². The van der Waals surface area contributed by atoms with Crippen molar-refractivity contribution >= 4 is 12.2 Å². The second kappa shape index (κ2) is 1.73. The van der Waals surface area contributed by atoms with Gasteiger partial charge in [-0.25, -0.2) is 0 Å². The summed E-state index contributed by atoms with van der Waals surface area (Å²) in [4.78, 5) is 0. The molecule has 0 unspecified atom stereocenters. The smallest absolute Gasteiger partial charge is 0.00632 e. The maximum atomic E-state index is 2.12. The highest BCUT2D eigenvalue weighted by Crippen LogP contribution is 1.85. The van der Waals surface area contributed by atoms with Crippen LogP contribution in [0.5, 0.6) is 0 Å². The van der Waals surface area contributed by atoms with Crippen LogP contribution in [0.25, 0.3) is 12.2 Å². The van der Waals surface area contributed by atoms with Gasteiger partial charge in [-0.3, -0.25) is 0 Å². The number of rotatable bonds is 0. The standard InChI is InChI=1S/C9H7/c1-2-5-9-7-3-6-8(9)4-1/h1-7H. The van der Waals surface area contributed by atoms with Crippen molar-refractivity contribution in [1.82, 2.24) is 0 Å². The Balaban J connectivity index is 2.97. The summed E-state index contributed by atoms with van der Waals surface area (Å²) < 4.78 is 0. The van der Waals surface area contributed by atoms with Gasteiger partial charge in [-0.15, -0.1) is 0 Å². The lowest BCUT2D eigenvalue weighted by Crippen LogP contribution is -2.19. The van der Waals surface area contributed by atoms with E-state index in [0.717, 1.165) is 0 Å². The minimum absolute atomic E-state index is 1.33. The molecule has 0 aliphatic heterocycles. The molecule has 0 N–H and O–H groups in total. The van der Waals surface area contributed by atoms with Crippen LogP contribution in [-0.4, -0.2) is 0 Å². The first-order valence-electron chi connectivity index (χ1n) is 3.07. The zero-order valence-electron chi connectivity index (χ0n) is 5.04. The van der Waals surface area contributed by atoms with Gasteiger partial charge in [-0.05, 0) is 10.4 Å². The molecule has 9 heavy (non-hydrogen) atoms. The molecule has 0 aromatic heterocycles. The van der Waals surface area contributed by atoms with Gasteiger partial charge in [0.15, 0.2) is 0 Å². The van der Waals surface area contributed by atoms with Gasteiger partial charge in [-0.1, -0.05) is 36.4 Å². The highest BCUT2D eigenvalue weighted by molar-refractivity contribution is 5.57. The summed E-state index contributed by atoms with van der Waals surface area (Å²) in [5, 5.41) is 2.66. The van der Waals surface area contributed by atoms with E-state index < -0.39 is 0 Å². The number of fused-ring (bicyclic) bond motifs is 1. The van der Waals surface area contributed by atoms with Crippen molar-refractivity contribution in [3.8, 4) is 0 Å². The lowest BCUT2D eigenvalue weighted by atomic mass is 10.3. The third kappa shape index (κ3) is 0.672. The van der Waals surface area contributed by atoms with E-state index in [1.54, 1.807) is 0 Å². The molecule has 0 saturated carbocycles. The normalized spacial score (nSPS) is 13.8. The van der Waals surface area contributed by atoms with E-state index >= 15 is 0 Å². The van der Waals surface area contributed by atoms with Gasteiger partial charge in [0, 0.05) is 6.42 Å². The van der Waals surface area contributed by atoms with Crippen molar-refractivity contribution in [3.63, 3.8) is 0 Å². The van der Waals surface area contributed by atoms with Gasteiger partial charge < -0.3 is 0 Å². The molecule has 0 fully saturated rings. The Morgan fingerprint density at radius 2 is 1.33 bits per heavy atom. The van der Waals surface area contributed by atoms with Crippen LogP contribution in [0.4, 0.5) is 0 Å². The molecule has 1 aromatic rings. The van der Waals surface area contributed by atoms with E-state index in [0.29, 0.717) is 0 Å². The third-order valence-corrected chi connectivity index (χ3v) is 1.55. The van der Waals surface area contributed by atoms with E-state index in [1.807, 2.05) is 0 Å². The average molecular weight is 115 g/mol. The fourth-order valence-corrected chi connectivity index (χ4v) is 1.07. The van der Waals surface area contributed by atoms with E-state index in [4.69, 9.17) is 0 Å². The molecule has 43 valence electrons. The van der Waals surface area contributed by atoms with E-state index in [-0.39, 0.29) is 0 Å². The lowest BCUT2D eigenvalue weighted by Gasteiger charge is -1.79. The predicted molar refractivity (Wildman–Crippen MR) is 38.9 cm³/mol. The summed E-state index contributed by atoms with van der Waals surface area (Å²) in [6.45, 7) is 0. The van der Waals surface area contributed by atoms with Crippen LogP contribution < -0.4 is 10.4 Å². The topological polar surface area (TPSA) is 0 Å². The van der Waals surface area contributed by atoms with Gasteiger partial charge in [0.1, 0.15) is 0 Å². The molecular weight excluding hydrogens is 108 g/mol. The Hall–Kier alpha value is -1.04. The zero-order valence-corrected chi connectivity index (χ0v) is 5.04. The predicted octanol–water partition coefficient (Wildman–Crippen LogP) is 0.465. The van der Waals surface area contributed by atoms with Gasteiger partial charge >= 0.3 is 0 Å². The average Bonchev–Trinajstić information content (AvgIpc) is 2.33. The largest absolute Gasteiger partial charge is 0.0688 e. The molecule has 0 atom stereocenters. The molecule has 1 aliphatic carbocycles. The maximum absolute atomic E-state index is 2.12. The van der Waals surface area contributed by atoms with Crippen molar-refractivity contribution < 1.29 is 0 Å². The summed E-state index contributed by atoms with van der Waals surface area (Å²) in [6.07, 6.45) is 6.31. The molecule has 0 saturated heterocycles. The molecule has 1 radical (unpaired) electrons. The highest BCUT2D eigenvalue weighted by Gasteiger charge is 1.88. The molecule has 0 nitrogen and oxygen atoms in total. The van der Waals surface area contributed by atoms with Gasteiger partial charge in [0.25, 0.3) is 0 Å². The SMILES string of the molecule is [CH]1C=c2ccccc2=C1. The Kier molecular flexibility index (Phi) is 0.922. The lowest BCUT2D eigenvalue weighted by molar-refractivity contribution is 1.55. The first-order valence-corrected chi connectivity index (χ1v) is 3.07. The Labute approximate surface area is 54.1 Å². The van der Waals surface area contributed by atoms with Crippen molar-refractivity contribution in [1.29, 1.82) is 0 Å². The van der Waals surface area contributed by atoms with E-state index in [1.165, 1.54) is 10.4 Å². The van der Waals surface area contributed by atoms with Crippen molar-refractivity contribution in [2.24, 2.45) is 0 Å². The second-order valence-corrected chi connectivity index (χ2v) is 2.15. The summed E-state index contributed by atoms with van der Waals surface area (Å²) >= 11 is 0. The minimum Gasteiger partial charge on any atom is -0.0688 e. The molecule has 1 aromatic carbocycles. The van der Waals surface area contributed by atoms with Gasteiger partial charge in [0.2, 0.25) is 0 Å². The van der Waals surface area contributed by atoms with Crippen LogP contribution >= 0.6 is 0 Å². The summed E-state index contributed by atoms with van der Waals surface area (Å²) in [7, 11) is 0. The van der Waals surface area contributed by atoms with Crippen LogP contribution in [-0.2, 0) is 0 Å². The molecule has 0 spiro atoms. The highest BCUT2D eigenvalue weighted by atomic mass is 13.9. The third-order valence-electron chi connectivity index (χ3n) is 1.55. The summed E-state index contributed by atoms with van der Waals surface area (Å²) in [5.41, 5.74) is 0. The van der Waals surface area contributed by atoms with Crippen molar-refractivity contribution in [2.75, 3.05) is 0 Å². The second-order valence-electron chi connectivity index (χ2n) is 2.15. The first kappa shape index (κ1) is 4.80. The first-order chi connectivity index (χ1) is 4.47. The number of hydrogen-bond acceptors (Lipinski definition) is 0. The van der Waals surface area contributed by atoms with Crippen molar-refractivity contribution in [3.05, 3.63) is 41.1 Å². The Bertz CT molecular complexity index is 287. The van der Waals surface area contributed by atoms with Crippen LogP contribution in [0.1, 0.15) is 0 Å². The Morgan fingerprint density at radius 1 is 0.778 bits per heavy atom. The van der Waals surface area contributed by atoms with Crippen molar-refractivity contribution in [2.45, 2.75) is 0 Å². The molecule has 0 heteroatoms. The van der Waals surface area contributed by atoms with Gasteiger partial charge in [0.05, 0.1) is 0 Å². The van der Waals surface area contributed by atoms with Crippen LogP contribution in [0.3, 0.4) is 0 Å². The molecular formula is C9H7. The molecule has 1 aliphatic rings. The van der Waals surface area contributed by atoms with Gasteiger partial charge in [-0.2, -0.15) is 0 Å². The minimum atomic E-state index is 1.33. The molecule has 0 amide bonds. The van der Waals surface area contributed by atoms with E-state index in [9.17, 15) is 0 Å². The van der Waals surface area contributed by atoms with Crippen LogP contribution in [0.2, 0.25) is 0 Å². The zero-order chi connectivity index (χ0) is 6.10. The van der Waals surface area contributed by atoms with E-state index in [2.05, 4.69) is 42.8 Å². The fourth-order valence-electron chi connectivity index (χ4n) is 1.07. The van der Waals surface area contributed by atoms with Crippen LogP contribution in [0.15, 0.2) is 24.3 Å². The summed E-state index contributed by atoms with van der Waals surface area (Å²) in [6, 6.07) is 8.36. The number of benzene rings is 1. The maximum Gasteiger partial charge on any atom is 0.00632 e. The fraction of sp³-hybridized carbons (Fsp3) is 0. The molecule has 2 rings (SSSR count). The summed E-state index contributed by atoms with van der Waals surface area (Å²) in [5.74, 6) is 0. The molecule has 0 bridgehead atoms. The monoisotopic (exact) mass is 115 g/mol. The quantitative estimate of drug-likeness (QED) is 0.461. The number of hydrogen-bond donors (Lipinski definition) is 0.